The van der Waals surface area contributed by atoms with Gasteiger partial charge in [-0.05, 0) is 89.9 Å². The van der Waals surface area contributed by atoms with Crippen LogP contribution in [0.25, 0.3) is 0 Å². The largest absolute Gasteiger partial charge is 0.480 e. The Morgan fingerprint density at radius 1 is 0.552 bits per heavy atom. The lowest BCUT2D eigenvalue weighted by atomic mass is 10.1. The number of aliphatic carboxylic acids is 1. The maximum absolute atomic E-state index is 12.6. The molecule has 4 N–H and O–H groups in total. The number of hydrogen-bond donors (Lipinski definition) is 3. The van der Waals surface area contributed by atoms with Crippen molar-refractivity contribution in [1.82, 2.24) is 0 Å². The van der Waals surface area contributed by atoms with Crippen LogP contribution in [0.5, 0.6) is 0 Å². The molecule has 330 valence electrons. The Hall–Kier alpha value is -3.34. The molecule has 0 spiro atoms. The molecule has 1 unspecified atom stereocenters. The molecule has 58 heavy (non-hydrogen) atoms. The highest BCUT2D eigenvalue weighted by atomic mass is 31.2. The lowest BCUT2D eigenvalue weighted by Crippen LogP contribution is -2.34. The van der Waals surface area contributed by atoms with Crippen LogP contribution in [0.3, 0.4) is 0 Å². The molecule has 0 aliphatic heterocycles. The van der Waals surface area contributed by atoms with E-state index in [4.69, 9.17) is 24.8 Å². The van der Waals surface area contributed by atoms with Crippen molar-refractivity contribution in [2.24, 2.45) is 5.73 Å². The minimum absolute atomic E-state index is 0.106. The number of carbonyl (C=O) groups is 3. The summed E-state index contributed by atoms with van der Waals surface area (Å²) < 4.78 is 32.6. The fourth-order valence-corrected chi connectivity index (χ4v) is 6.02. The summed E-state index contributed by atoms with van der Waals surface area (Å²) in [7, 11) is -4.74. The molecule has 0 saturated heterocycles. The zero-order valence-corrected chi connectivity index (χ0v) is 36.5. The second-order valence-electron chi connectivity index (χ2n) is 14.1. The van der Waals surface area contributed by atoms with Gasteiger partial charge in [-0.15, -0.1) is 0 Å². The van der Waals surface area contributed by atoms with Crippen molar-refractivity contribution in [2.45, 2.75) is 167 Å². The monoisotopic (exact) mass is 834 g/mol. The minimum atomic E-state index is -4.74. The topological polar surface area (TPSA) is 172 Å². The van der Waals surface area contributed by atoms with Crippen LogP contribution in [0, 0.1) is 0 Å². The van der Waals surface area contributed by atoms with Crippen molar-refractivity contribution in [3.05, 3.63) is 85.1 Å². The SMILES string of the molecule is CC/C=C/C/C=C/C/C=C/C/C=C/C/C=C/CCCCCC(=O)OC[C@H](COP(=O)(O)OC[C@H](N)C(=O)O)OC(=O)CCCC/C=C/C/C=C/CCCCCCCC. The van der Waals surface area contributed by atoms with Gasteiger partial charge in [0.2, 0.25) is 0 Å². The number of phosphoric ester groups is 1. The fourth-order valence-electron chi connectivity index (χ4n) is 5.24. The maximum Gasteiger partial charge on any atom is 0.472 e. The van der Waals surface area contributed by atoms with Gasteiger partial charge in [0.15, 0.2) is 6.10 Å². The zero-order chi connectivity index (χ0) is 42.8. The number of rotatable bonds is 39. The van der Waals surface area contributed by atoms with Crippen LogP contribution in [-0.2, 0) is 37.5 Å². The van der Waals surface area contributed by atoms with Gasteiger partial charge in [-0.25, -0.2) is 4.57 Å². The van der Waals surface area contributed by atoms with Crippen molar-refractivity contribution in [2.75, 3.05) is 19.8 Å². The first-order chi connectivity index (χ1) is 28.1. The first kappa shape index (κ1) is 54.7. The maximum atomic E-state index is 12.6. The molecule has 0 aromatic heterocycles. The Morgan fingerprint density at radius 2 is 0.966 bits per heavy atom. The number of carboxylic acids is 1. The number of phosphoric acid groups is 1. The molecule has 12 heteroatoms. The number of carbonyl (C=O) groups excluding carboxylic acids is 2. The lowest BCUT2D eigenvalue weighted by molar-refractivity contribution is -0.161. The molecule has 3 atom stereocenters. The summed E-state index contributed by atoms with van der Waals surface area (Å²) >= 11 is 0. The number of allylic oxidation sites excluding steroid dienone is 14. The molecule has 11 nitrogen and oxygen atoms in total. The Labute approximate surface area is 350 Å². The average molecular weight is 834 g/mol. The van der Waals surface area contributed by atoms with Crippen LogP contribution >= 0.6 is 7.82 Å². The Morgan fingerprint density at radius 3 is 1.48 bits per heavy atom. The van der Waals surface area contributed by atoms with E-state index in [0.717, 1.165) is 77.0 Å². The van der Waals surface area contributed by atoms with Crippen LogP contribution in [0.15, 0.2) is 85.1 Å². The van der Waals surface area contributed by atoms with Gasteiger partial charge in [0.05, 0.1) is 13.2 Å². The second kappa shape index (κ2) is 40.4. The molecule has 0 heterocycles. The van der Waals surface area contributed by atoms with Crippen LogP contribution in [-0.4, -0.2) is 59.9 Å². The summed E-state index contributed by atoms with van der Waals surface area (Å²) in [6.45, 7) is 2.59. The summed E-state index contributed by atoms with van der Waals surface area (Å²) in [4.78, 5) is 45.9. The highest BCUT2D eigenvalue weighted by molar-refractivity contribution is 7.47. The molecule has 0 saturated carbocycles. The quantitative estimate of drug-likeness (QED) is 0.0233. The van der Waals surface area contributed by atoms with Gasteiger partial charge in [0.1, 0.15) is 12.6 Å². The molecule has 0 aromatic rings. The summed E-state index contributed by atoms with van der Waals surface area (Å²) in [6.07, 6.45) is 49.4. The van der Waals surface area contributed by atoms with E-state index in [2.05, 4.69) is 103 Å². The highest BCUT2D eigenvalue weighted by Gasteiger charge is 2.28. The molecule has 0 aliphatic rings. The van der Waals surface area contributed by atoms with Gasteiger partial charge in [-0.1, -0.05) is 137 Å². The van der Waals surface area contributed by atoms with E-state index in [9.17, 15) is 23.8 Å². The number of unbranched alkanes of at least 4 members (excludes halogenated alkanes) is 11. The third kappa shape index (κ3) is 39.5. The van der Waals surface area contributed by atoms with E-state index >= 15 is 0 Å². The van der Waals surface area contributed by atoms with E-state index < -0.39 is 51.1 Å². The van der Waals surface area contributed by atoms with Crippen molar-refractivity contribution in [1.29, 1.82) is 0 Å². The predicted molar refractivity (Wildman–Crippen MR) is 235 cm³/mol. The molecule has 0 radical (unpaired) electrons. The minimum Gasteiger partial charge on any atom is -0.480 e. The van der Waals surface area contributed by atoms with Crippen molar-refractivity contribution in [3.8, 4) is 0 Å². The van der Waals surface area contributed by atoms with Gasteiger partial charge < -0.3 is 25.2 Å². The standard InChI is InChI=1S/C46H76NO10P/c1-3-5-7-9-11-13-15-17-19-20-21-22-24-25-27-29-31-33-35-37-44(48)54-39-42(40-55-58(52,53)56-41-43(47)46(50)51)57-45(49)38-36-34-32-30-28-26-23-18-16-14-12-10-8-6-4-2/h5,7,11,13,17-19,21-23,25,27-28,30,42-43H,3-4,6,8-10,12,14-16,20,24,26,29,31-41,47H2,1-2H3,(H,50,51)(H,52,53)/b7-5+,13-11+,19-17+,22-21+,23-18+,27-25+,30-28+/t42-,43+/m1/s1. The molecule has 0 rings (SSSR count). The molecule has 0 fully saturated rings. The fraction of sp³-hybridized carbons (Fsp3) is 0.630. The van der Waals surface area contributed by atoms with Gasteiger partial charge >= 0.3 is 25.7 Å². The number of ether oxygens (including phenoxy) is 2. The van der Waals surface area contributed by atoms with E-state index in [0.29, 0.717) is 12.8 Å². The molecule has 0 amide bonds. The Balaban J connectivity index is 4.49. The normalized spacial score (nSPS) is 14.6. The highest BCUT2D eigenvalue weighted by Crippen LogP contribution is 2.43. The van der Waals surface area contributed by atoms with Gasteiger partial charge in [0.25, 0.3) is 0 Å². The van der Waals surface area contributed by atoms with Crippen molar-refractivity contribution < 1.29 is 47.5 Å². The van der Waals surface area contributed by atoms with Gasteiger partial charge in [-0.3, -0.25) is 23.4 Å². The van der Waals surface area contributed by atoms with E-state index in [-0.39, 0.29) is 19.4 Å². The van der Waals surface area contributed by atoms with E-state index in [1.165, 1.54) is 38.5 Å². The summed E-state index contributed by atoms with van der Waals surface area (Å²) in [5.74, 6) is -2.47. The van der Waals surface area contributed by atoms with Crippen LogP contribution in [0.4, 0.5) is 0 Å². The summed E-state index contributed by atoms with van der Waals surface area (Å²) in [6, 6.07) is -1.54. The molecular formula is C46H76NO10P. The number of esters is 2. The number of nitrogens with two attached hydrogens (primary N) is 1. The van der Waals surface area contributed by atoms with Gasteiger partial charge in [0, 0.05) is 12.8 Å². The second-order valence-corrected chi connectivity index (χ2v) is 15.5. The molecule has 0 bridgehead atoms. The van der Waals surface area contributed by atoms with Gasteiger partial charge in [-0.2, -0.15) is 0 Å². The van der Waals surface area contributed by atoms with Crippen molar-refractivity contribution in [3.63, 3.8) is 0 Å². The van der Waals surface area contributed by atoms with E-state index in [1.54, 1.807) is 0 Å². The molecule has 0 aromatic carbocycles. The third-order valence-electron chi connectivity index (χ3n) is 8.63. The van der Waals surface area contributed by atoms with Crippen molar-refractivity contribution >= 4 is 25.7 Å². The van der Waals surface area contributed by atoms with Crippen LogP contribution < -0.4 is 5.73 Å². The first-order valence-corrected chi connectivity index (χ1v) is 23.1. The number of carboxylic acid groups (broad SMARTS) is 1. The smallest absolute Gasteiger partial charge is 0.472 e. The molecule has 0 aliphatic carbocycles. The average Bonchev–Trinajstić information content (AvgIpc) is 3.20. The molecular weight excluding hydrogens is 757 g/mol. The Bertz CT molecular complexity index is 1300. The Kier molecular flexibility index (Phi) is 38.1. The lowest BCUT2D eigenvalue weighted by Gasteiger charge is -2.20. The van der Waals surface area contributed by atoms with Crippen LogP contribution in [0.1, 0.15) is 155 Å². The van der Waals surface area contributed by atoms with Crippen LogP contribution in [0.2, 0.25) is 0 Å². The zero-order valence-electron chi connectivity index (χ0n) is 35.6. The predicted octanol–water partition coefficient (Wildman–Crippen LogP) is 11.5. The van der Waals surface area contributed by atoms with E-state index in [1.807, 2.05) is 0 Å². The third-order valence-corrected chi connectivity index (χ3v) is 9.58. The number of hydrogen-bond acceptors (Lipinski definition) is 9. The summed E-state index contributed by atoms with van der Waals surface area (Å²) in [5, 5.41) is 8.89. The first-order valence-electron chi connectivity index (χ1n) is 21.6. The summed E-state index contributed by atoms with van der Waals surface area (Å²) in [5.41, 5.74) is 5.33.